The monoisotopic (exact) mass is 152 g/mol. The fraction of sp³-hybridized carbons (Fsp3) is 0.800. The van der Waals surface area contributed by atoms with E-state index in [2.05, 4.69) is 6.08 Å². The summed E-state index contributed by atoms with van der Waals surface area (Å²) in [6.45, 7) is 2.05. The van der Waals surface area contributed by atoms with Crippen LogP contribution in [0.4, 0.5) is 0 Å². The van der Waals surface area contributed by atoms with Gasteiger partial charge in [0.25, 0.3) is 0 Å². The molecule has 0 aromatic carbocycles. The molecule has 11 heavy (non-hydrogen) atoms. The largest absolute Gasteiger partial charge is 0.386 e. The van der Waals surface area contributed by atoms with E-state index >= 15 is 0 Å². The predicted octanol–water partition coefficient (Wildman–Crippen LogP) is 2.26. The first kappa shape index (κ1) is 7.35. The van der Waals surface area contributed by atoms with E-state index < -0.39 is 0 Å². The van der Waals surface area contributed by atoms with Crippen molar-refractivity contribution < 1.29 is 5.11 Å². The van der Waals surface area contributed by atoms with Gasteiger partial charge in [-0.3, -0.25) is 0 Å². The molecule has 3 fully saturated rings. The van der Waals surface area contributed by atoms with Crippen LogP contribution in [0.15, 0.2) is 11.6 Å². The third kappa shape index (κ3) is 1.02. The maximum atomic E-state index is 10.1. The van der Waals surface area contributed by atoms with Gasteiger partial charge in [0, 0.05) is 0 Å². The Bertz CT molecular complexity index is 185. The lowest BCUT2D eigenvalue weighted by atomic mass is 9.65. The summed E-state index contributed by atoms with van der Waals surface area (Å²) in [7, 11) is 0. The van der Waals surface area contributed by atoms with Crippen molar-refractivity contribution in [3.63, 3.8) is 0 Å². The van der Waals surface area contributed by atoms with E-state index in [1.54, 1.807) is 0 Å². The number of rotatable bonds is 0. The highest BCUT2D eigenvalue weighted by Gasteiger charge is 2.41. The topological polar surface area (TPSA) is 20.2 Å². The molecular formula is C10H16O. The third-order valence-electron chi connectivity index (χ3n) is 3.39. The lowest BCUT2D eigenvalue weighted by Crippen LogP contribution is -2.41. The van der Waals surface area contributed by atoms with Crippen molar-refractivity contribution in [2.75, 3.05) is 0 Å². The minimum absolute atomic E-state index is 0.385. The molecule has 2 bridgehead atoms. The Morgan fingerprint density at radius 3 is 2.45 bits per heavy atom. The van der Waals surface area contributed by atoms with Crippen LogP contribution in [-0.2, 0) is 0 Å². The van der Waals surface area contributed by atoms with Crippen molar-refractivity contribution in [2.45, 2.75) is 44.6 Å². The quantitative estimate of drug-likeness (QED) is 0.528. The Kier molecular flexibility index (Phi) is 1.57. The summed E-state index contributed by atoms with van der Waals surface area (Å²) < 4.78 is 0. The summed E-state index contributed by atoms with van der Waals surface area (Å²) in [6, 6.07) is 0. The lowest BCUT2D eigenvalue weighted by Gasteiger charge is -2.45. The molecule has 1 heteroatoms. The van der Waals surface area contributed by atoms with E-state index in [1.165, 1.54) is 18.4 Å². The maximum absolute atomic E-state index is 10.1. The zero-order chi connectivity index (χ0) is 7.90. The number of hydrogen-bond acceptors (Lipinski definition) is 1. The summed E-state index contributed by atoms with van der Waals surface area (Å²) in [5.74, 6) is 0.884. The molecule has 3 saturated carbocycles. The Morgan fingerprint density at radius 1 is 1.45 bits per heavy atom. The molecule has 0 unspecified atom stereocenters. The van der Waals surface area contributed by atoms with Gasteiger partial charge in [0.05, 0.1) is 5.60 Å². The summed E-state index contributed by atoms with van der Waals surface area (Å²) in [6.07, 6.45) is 7.79. The highest BCUT2D eigenvalue weighted by Crippen LogP contribution is 2.47. The van der Waals surface area contributed by atoms with Crippen molar-refractivity contribution >= 4 is 0 Å². The maximum Gasteiger partial charge on any atom is 0.0857 e. The normalized spacial score (nSPS) is 46.7. The molecule has 3 aliphatic carbocycles. The minimum Gasteiger partial charge on any atom is -0.386 e. The molecule has 0 radical (unpaired) electrons. The highest BCUT2D eigenvalue weighted by molar-refractivity contribution is 5.22. The standard InChI is InChI=1S/C10H16O/c1-2-9-7-8-3-5-10(9,11)6-4-8/h2,8,11H,3-7H2,1H3/b9-2-. The van der Waals surface area contributed by atoms with Crippen LogP contribution in [0.1, 0.15) is 39.0 Å². The van der Waals surface area contributed by atoms with Gasteiger partial charge >= 0.3 is 0 Å². The number of fused-ring (bicyclic) bond motifs is 3. The molecule has 0 aliphatic heterocycles. The second-order valence-corrected chi connectivity index (χ2v) is 3.99. The predicted molar refractivity (Wildman–Crippen MR) is 45.3 cm³/mol. The van der Waals surface area contributed by atoms with Gasteiger partial charge in [0.2, 0.25) is 0 Å². The smallest absolute Gasteiger partial charge is 0.0857 e. The summed E-state index contributed by atoms with van der Waals surface area (Å²) in [5, 5.41) is 10.1. The highest BCUT2D eigenvalue weighted by atomic mass is 16.3. The molecular weight excluding hydrogens is 136 g/mol. The fourth-order valence-corrected chi connectivity index (χ4v) is 2.57. The van der Waals surface area contributed by atoms with Crippen LogP contribution >= 0.6 is 0 Å². The van der Waals surface area contributed by atoms with Gasteiger partial charge < -0.3 is 5.11 Å². The van der Waals surface area contributed by atoms with Crippen LogP contribution in [0, 0.1) is 5.92 Å². The van der Waals surface area contributed by atoms with E-state index in [-0.39, 0.29) is 5.60 Å². The van der Waals surface area contributed by atoms with Crippen molar-refractivity contribution in [2.24, 2.45) is 5.92 Å². The first-order valence-corrected chi connectivity index (χ1v) is 4.63. The molecule has 1 nitrogen and oxygen atoms in total. The SMILES string of the molecule is C/C=C1/CC2CCC1(O)CC2. The Labute approximate surface area is 68.1 Å². The number of aliphatic hydroxyl groups is 1. The lowest BCUT2D eigenvalue weighted by molar-refractivity contribution is -0.00632. The molecule has 0 heterocycles. The molecule has 62 valence electrons. The number of hydrogen-bond donors (Lipinski definition) is 1. The van der Waals surface area contributed by atoms with Gasteiger partial charge in [-0.2, -0.15) is 0 Å². The van der Waals surface area contributed by atoms with Gasteiger partial charge in [0.1, 0.15) is 0 Å². The van der Waals surface area contributed by atoms with Crippen LogP contribution in [0.2, 0.25) is 0 Å². The molecule has 0 spiro atoms. The van der Waals surface area contributed by atoms with E-state index in [4.69, 9.17) is 0 Å². The molecule has 0 aromatic rings. The van der Waals surface area contributed by atoms with Crippen molar-refractivity contribution in [3.05, 3.63) is 11.6 Å². The van der Waals surface area contributed by atoms with Crippen LogP contribution in [0.25, 0.3) is 0 Å². The molecule has 0 saturated heterocycles. The minimum atomic E-state index is -0.385. The van der Waals surface area contributed by atoms with E-state index in [1.807, 2.05) is 6.92 Å². The third-order valence-corrected chi connectivity index (χ3v) is 3.39. The van der Waals surface area contributed by atoms with Gasteiger partial charge in [-0.15, -0.1) is 0 Å². The molecule has 0 amide bonds. The van der Waals surface area contributed by atoms with Crippen LogP contribution < -0.4 is 0 Å². The average molecular weight is 152 g/mol. The van der Waals surface area contributed by atoms with E-state index in [9.17, 15) is 5.11 Å². The Balaban J connectivity index is 2.27. The first-order chi connectivity index (χ1) is 5.24. The Morgan fingerprint density at radius 2 is 2.09 bits per heavy atom. The van der Waals surface area contributed by atoms with Crippen LogP contribution in [-0.4, -0.2) is 10.7 Å². The first-order valence-electron chi connectivity index (χ1n) is 4.63. The number of allylic oxidation sites excluding steroid dienone is 1. The van der Waals surface area contributed by atoms with Gasteiger partial charge in [-0.1, -0.05) is 6.08 Å². The molecule has 3 rings (SSSR count). The van der Waals surface area contributed by atoms with Gasteiger partial charge in [-0.25, -0.2) is 0 Å². The van der Waals surface area contributed by atoms with Crippen molar-refractivity contribution in [1.82, 2.24) is 0 Å². The molecule has 1 N–H and O–H groups in total. The van der Waals surface area contributed by atoms with Crippen molar-refractivity contribution in [3.8, 4) is 0 Å². The van der Waals surface area contributed by atoms with E-state index in [0.717, 1.165) is 25.2 Å². The van der Waals surface area contributed by atoms with Crippen LogP contribution in [0.5, 0.6) is 0 Å². The summed E-state index contributed by atoms with van der Waals surface area (Å²) >= 11 is 0. The Hall–Kier alpha value is -0.300. The van der Waals surface area contributed by atoms with Crippen LogP contribution in [0.3, 0.4) is 0 Å². The summed E-state index contributed by atoms with van der Waals surface area (Å²) in [4.78, 5) is 0. The zero-order valence-corrected chi connectivity index (χ0v) is 7.14. The second kappa shape index (κ2) is 2.34. The van der Waals surface area contributed by atoms with Crippen molar-refractivity contribution in [1.29, 1.82) is 0 Å². The fourth-order valence-electron chi connectivity index (χ4n) is 2.57. The van der Waals surface area contributed by atoms with Gasteiger partial charge in [-0.05, 0) is 50.5 Å². The molecule has 0 atom stereocenters. The average Bonchev–Trinajstić information content (AvgIpc) is 2.05. The molecule has 0 aromatic heterocycles. The second-order valence-electron chi connectivity index (χ2n) is 3.99. The van der Waals surface area contributed by atoms with Gasteiger partial charge in [0.15, 0.2) is 0 Å². The van der Waals surface area contributed by atoms with E-state index in [0.29, 0.717) is 0 Å². The summed E-state index contributed by atoms with van der Waals surface area (Å²) in [5.41, 5.74) is 0.920. The molecule has 3 aliphatic rings. The zero-order valence-electron chi connectivity index (χ0n) is 7.14.